The zero-order valence-electron chi connectivity index (χ0n) is 15.3. The molecular weight excluding hydrogens is 312 g/mol. The molecule has 2 aromatic carbocycles. The Hall–Kier alpha value is -2.69. The summed E-state index contributed by atoms with van der Waals surface area (Å²) >= 11 is 0. The van der Waals surface area contributed by atoms with E-state index in [1.54, 1.807) is 14.2 Å². The van der Waals surface area contributed by atoms with Gasteiger partial charge < -0.3 is 20.3 Å². The fraction of sp³-hybridized carbons (Fsp3) is 0.350. The molecule has 0 aliphatic heterocycles. The predicted octanol–water partition coefficient (Wildman–Crippen LogP) is 2.89. The van der Waals surface area contributed by atoms with Gasteiger partial charge in [-0.1, -0.05) is 36.4 Å². The molecule has 0 aromatic heterocycles. The molecule has 134 valence electrons. The molecule has 0 radical (unpaired) electrons. The third kappa shape index (κ3) is 6.03. The highest BCUT2D eigenvalue weighted by Gasteiger charge is 2.04. The van der Waals surface area contributed by atoms with Crippen LogP contribution in [0.4, 0.5) is 5.69 Å². The number of aliphatic imine (C=N–C) groups is 1. The number of nitrogens with one attached hydrogen (secondary N) is 2. The van der Waals surface area contributed by atoms with Crippen LogP contribution in [0.15, 0.2) is 59.6 Å². The van der Waals surface area contributed by atoms with Gasteiger partial charge in [0.05, 0.1) is 7.11 Å². The van der Waals surface area contributed by atoms with E-state index in [0.29, 0.717) is 6.54 Å². The maximum absolute atomic E-state index is 5.37. The number of guanidine groups is 1. The molecular formula is C20H28N4O. The van der Waals surface area contributed by atoms with Gasteiger partial charge in [-0.2, -0.15) is 0 Å². The molecule has 0 saturated carbocycles. The molecule has 0 spiro atoms. The van der Waals surface area contributed by atoms with Crippen molar-refractivity contribution in [2.24, 2.45) is 4.99 Å². The van der Waals surface area contributed by atoms with Crippen LogP contribution in [0.2, 0.25) is 0 Å². The molecule has 2 rings (SSSR count). The summed E-state index contributed by atoms with van der Waals surface area (Å²) in [4.78, 5) is 6.53. The summed E-state index contributed by atoms with van der Waals surface area (Å²) in [5.41, 5.74) is 2.35. The molecule has 0 aliphatic rings. The zero-order chi connectivity index (χ0) is 17.9. The average Bonchev–Trinajstić information content (AvgIpc) is 2.68. The molecule has 0 bridgehead atoms. The maximum Gasteiger partial charge on any atom is 0.191 e. The molecule has 0 heterocycles. The molecule has 5 heteroatoms. The molecule has 2 aromatic rings. The largest absolute Gasteiger partial charge is 0.496 e. The standard InChI is InChI=1S/C20H28N4O/c1-21-20(23-16-17-10-7-8-13-19(17)25-3)22-14-9-15-24(2)18-11-5-4-6-12-18/h4-8,10-13H,9,14-16H2,1-3H3,(H2,21,22,23). The lowest BCUT2D eigenvalue weighted by Gasteiger charge is -2.19. The first-order chi connectivity index (χ1) is 12.2. The van der Waals surface area contributed by atoms with Crippen molar-refractivity contribution in [3.63, 3.8) is 0 Å². The van der Waals surface area contributed by atoms with E-state index in [-0.39, 0.29) is 0 Å². The lowest BCUT2D eigenvalue weighted by atomic mass is 10.2. The van der Waals surface area contributed by atoms with Gasteiger partial charge in [-0.25, -0.2) is 0 Å². The topological polar surface area (TPSA) is 48.9 Å². The third-order valence-corrected chi connectivity index (χ3v) is 4.02. The van der Waals surface area contributed by atoms with E-state index in [1.807, 2.05) is 30.3 Å². The molecule has 0 unspecified atom stereocenters. The summed E-state index contributed by atoms with van der Waals surface area (Å²) in [5.74, 6) is 1.68. The quantitative estimate of drug-likeness (QED) is 0.441. The summed E-state index contributed by atoms with van der Waals surface area (Å²) in [6.45, 7) is 2.52. The van der Waals surface area contributed by atoms with Crippen LogP contribution >= 0.6 is 0 Å². The first-order valence-electron chi connectivity index (χ1n) is 8.57. The van der Waals surface area contributed by atoms with Crippen molar-refractivity contribution in [1.29, 1.82) is 0 Å². The zero-order valence-corrected chi connectivity index (χ0v) is 15.3. The Morgan fingerprint density at radius 3 is 2.48 bits per heavy atom. The van der Waals surface area contributed by atoms with Crippen molar-refractivity contribution in [3.05, 3.63) is 60.2 Å². The van der Waals surface area contributed by atoms with Crippen LogP contribution in [0.25, 0.3) is 0 Å². The van der Waals surface area contributed by atoms with Gasteiger partial charge in [0.1, 0.15) is 5.75 Å². The van der Waals surface area contributed by atoms with Crippen molar-refractivity contribution < 1.29 is 4.74 Å². The summed E-state index contributed by atoms with van der Waals surface area (Å²) in [7, 11) is 5.59. The molecule has 0 amide bonds. The molecule has 0 aliphatic carbocycles. The highest BCUT2D eigenvalue weighted by Crippen LogP contribution is 2.16. The first kappa shape index (κ1) is 18.6. The second-order valence-electron chi connectivity index (χ2n) is 5.78. The Balaban J connectivity index is 1.72. The Kier molecular flexibility index (Phi) is 7.63. The smallest absolute Gasteiger partial charge is 0.191 e. The number of methoxy groups -OCH3 is 1. The summed E-state index contributed by atoms with van der Waals surface area (Å²) in [6.07, 6.45) is 1.03. The number of anilines is 1. The Morgan fingerprint density at radius 1 is 1.04 bits per heavy atom. The summed E-state index contributed by atoms with van der Waals surface area (Å²) in [6, 6.07) is 18.4. The minimum absolute atomic E-state index is 0.674. The van der Waals surface area contributed by atoms with Crippen molar-refractivity contribution in [2.75, 3.05) is 39.2 Å². The van der Waals surface area contributed by atoms with Gasteiger partial charge in [0.2, 0.25) is 0 Å². The number of benzene rings is 2. The minimum atomic E-state index is 0.674. The Bertz CT molecular complexity index is 658. The highest BCUT2D eigenvalue weighted by atomic mass is 16.5. The average molecular weight is 340 g/mol. The first-order valence-corrected chi connectivity index (χ1v) is 8.57. The summed E-state index contributed by atoms with van der Waals surface area (Å²) < 4.78 is 5.37. The number of para-hydroxylation sites is 2. The molecule has 0 fully saturated rings. The lowest BCUT2D eigenvalue weighted by molar-refractivity contribution is 0.409. The normalized spacial score (nSPS) is 11.1. The van der Waals surface area contributed by atoms with Crippen LogP contribution in [0.1, 0.15) is 12.0 Å². The molecule has 2 N–H and O–H groups in total. The molecule has 0 atom stereocenters. The van der Waals surface area contributed by atoms with E-state index >= 15 is 0 Å². The maximum atomic E-state index is 5.37. The fourth-order valence-electron chi connectivity index (χ4n) is 2.58. The van der Waals surface area contributed by atoms with Gasteiger partial charge in [0, 0.05) is 45.0 Å². The third-order valence-electron chi connectivity index (χ3n) is 4.02. The lowest BCUT2D eigenvalue weighted by Crippen LogP contribution is -2.38. The van der Waals surface area contributed by atoms with E-state index < -0.39 is 0 Å². The van der Waals surface area contributed by atoms with Gasteiger partial charge in [0.25, 0.3) is 0 Å². The SMILES string of the molecule is CN=C(NCCCN(C)c1ccccc1)NCc1ccccc1OC. The van der Waals surface area contributed by atoms with E-state index in [2.05, 4.69) is 51.8 Å². The van der Waals surface area contributed by atoms with Gasteiger partial charge in [-0.05, 0) is 24.6 Å². The molecule has 25 heavy (non-hydrogen) atoms. The van der Waals surface area contributed by atoms with Gasteiger partial charge >= 0.3 is 0 Å². The summed E-state index contributed by atoms with van der Waals surface area (Å²) in [5, 5.41) is 6.68. The molecule has 0 saturated heterocycles. The predicted molar refractivity (Wildman–Crippen MR) is 106 cm³/mol. The monoisotopic (exact) mass is 340 g/mol. The van der Waals surface area contributed by atoms with E-state index in [0.717, 1.165) is 36.8 Å². The minimum Gasteiger partial charge on any atom is -0.496 e. The van der Waals surface area contributed by atoms with E-state index in [4.69, 9.17) is 4.74 Å². The second-order valence-corrected chi connectivity index (χ2v) is 5.78. The van der Waals surface area contributed by atoms with Gasteiger partial charge in [-0.15, -0.1) is 0 Å². The number of nitrogens with zero attached hydrogens (tertiary/aromatic N) is 2. The van der Waals surface area contributed by atoms with E-state index in [1.165, 1.54) is 5.69 Å². The van der Waals surface area contributed by atoms with Crippen LogP contribution < -0.4 is 20.3 Å². The van der Waals surface area contributed by atoms with Crippen LogP contribution in [-0.2, 0) is 6.54 Å². The van der Waals surface area contributed by atoms with Crippen LogP contribution in [-0.4, -0.2) is 40.3 Å². The number of hydrogen-bond acceptors (Lipinski definition) is 3. The van der Waals surface area contributed by atoms with Crippen molar-refractivity contribution in [1.82, 2.24) is 10.6 Å². The highest BCUT2D eigenvalue weighted by molar-refractivity contribution is 5.79. The van der Waals surface area contributed by atoms with Crippen LogP contribution in [0.5, 0.6) is 5.75 Å². The van der Waals surface area contributed by atoms with Gasteiger partial charge in [-0.3, -0.25) is 4.99 Å². The molecule has 5 nitrogen and oxygen atoms in total. The van der Waals surface area contributed by atoms with Crippen LogP contribution in [0.3, 0.4) is 0 Å². The Labute approximate surface area is 150 Å². The fourth-order valence-corrected chi connectivity index (χ4v) is 2.58. The van der Waals surface area contributed by atoms with Crippen LogP contribution in [0, 0.1) is 0 Å². The van der Waals surface area contributed by atoms with Crippen molar-refractivity contribution in [3.8, 4) is 5.75 Å². The Morgan fingerprint density at radius 2 is 1.76 bits per heavy atom. The van der Waals surface area contributed by atoms with Crippen molar-refractivity contribution in [2.45, 2.75) is 13.0 Å². The van der Waals surface area contributed by atoms with Gasteiger partial charge in [0.15, 0.2) is 5.96 Å². The number of hydrogen-bond donors (Lipinski definition) is 2. The second kappa shape index (κ2) is 10.2. The number of rotatable bonds is 8. The number of ether oxygens (including phenoxy) is 1. The van der Waals surface area contributed by atoms with E-state index in [9.17, 15) is 0 Å². The van der Waals surface area contributed by atoms with Crippen molar-refractivity contribution >= 4 is 11.6 Å².